The lowest BCUT2D eigenvalue weighted by Gasteiger charge is -2.41. The molecule has 0 spiro atoms. The molecule has 6 heteroatoms. The molecule has 5 nitrogen and oxygen atoms in total. The summed E-state index contributed by atoms with van der Waals surface area (Å²) in [4.78, 5) is 6.40. The Kier molecular flexibility index (Phi) is 3.75. The third-order valence-corrected chi connectivity index (χ3v) is 5.77. The van der Waals surface area contributed by atoms with Crippen LogP contribution in [0, 0.1) is 6.92 Å². The van der Waals surface area contributed by atoms with Crippen molar-refractivity contribution in [1.29, 1.82) is 0 Å². The highest BCUT2D eigenvalue weighted by atomic mass is 32.2. The number of imidazole rings is 1. The Morgan fingerprint density at radius 2 is 2.11 bits per heavy atom. The highest BCUT2D eigenvalue weighted by Crippen LogP contribution is 2.22. The van der Waals surface area contributed by atoms with Crippen molar-refractivity contribution < 1.29 is 8.42 Å². The molecule has 0 N–H and O–H groups in total. The van der Waals surface area contributed by atoms with Crippen molar-refractivity contribution >= 4 is 9.84 Å². The molecular formula is C13H23N3O2S. The van der Waals surface area contributed by atoms with E-state index in [1.165, 1.54) is 0 Å². The van der Waals surface area contributed by atoms with Crippen LogP contribution in [0.5, 0.6) is 0 Å². The van der Waals surface area contributed by atoms with E-state index in [-0.39, 0.29) is 16.5 Å². The van der Waals surface area contributed by atoms with Crippen molar-refractivity contribution in [3.8, 4) is 0 Å². The minimum atomic E-state index is -3.00. The average molecular weight is 285 g/mol. The lowest BCUT2D eigenvalue weighted by atomic mass is 10.1. The Morgan fingerprint density at radius 3 is 2.63 bits per heavy atom. The highest BCUT2D eigenvalue weighted by molar-refractivity contribution is 7.92. The lowest BCUT2D eigenvalue weighted by molar-refractivity contribution is 0.136. The van der Waals surface area contributed by atoms with Crippen LogP contribution < -0.4 is 0 Å². The second kappa shape index (κ2) is 4.90. The third-order valence-electron chi connectivity index (χ3n) is 3.70. The van der Waals surface area contributed by atoms with Crippen molar-refractivity contribution in [3.63, 3.8) is 0 Å². The number of hydrogen-bond acceptors (Lipinski definition) is 4. The quantitative estimate of drug-likeness (QED) is 0.816. The van der Waals surface area contributed by atoms with Gasteiger partial charge in [0.15, 0.2) is 9.84 Å². The molecular weight excluding hydrogens is 262 g/mol. The topological polar surface area (TPSA) is 55.2 Å². The monoisotopic (exact) mass is 285 g/mol. The molecule has 2 heterocycles. The van der Waals surface area contributed by atoms with Gasteiger partial charge in [0, 0.05) is 31.4 Å². The summed E-state index contributed by atoms with van der Waals surface area (Å²) in [5.41, 5.74) is 0.930. The SMILES string of the molecule is Cc1cn(C[C@H]2CN(C(C)(C)C)CCS2(=O)=O)cn1. The molecule has 19 heavy (non-hydrogen) atoms. The highest BCUT2D eigenvalue weighted by Gasteiger charge is 2.36. The molecule has 0 bridgehead atoms. The first-order chi connectivity index (χ1) is 8.68. The first kappa shape index (κ1) is 14.5. The number of nitrogens with zero attached hydrogens (tertiary/aromatic N) is 3. The molecule has 1 saturated heterocycles. The van der Waals surface area contributed by atoms with Gasteiger partial charge >= 0.3 is 0 Å². The van der Waals surface area contributed by atoms with Gasteiger partial charge in [-0.3, -0.25) is 4.90 Å². The first-order valence-corrected chi connectivity index (χ1v) is 8.35. The maximum atomic E-state index is 12.2. The van der Waals surface area contributed by atoms with E-state index in [4.69, 9.17) is 0 Å². The van der Waals surface area contributed by atoms with Crippen LogP contribution in [-0.2, 0) is 16.4 Å². The maximum Gasteiger partial charge on any atom is 0.157 e. The van der Waals surface area contributed by atoms with Gasteiger partial charge in [0.2, 0.25) is 0 Å². The fourth-order valence-corrected chi connectivity index (χ4v) is 4.06. The Bertz CT molecular complexity index is 542. The van der Waals surface area contributed by atoms with Gasteiger partial charge in [-0.25, -0.2) is 13.4 Å². The van der Waals surface area contributed by atoms with Crippen LogP contribution in [0.25, 0.3) is 0 Å². The zero-order chi connectivity index (χ0) is 14.3. The first-order valence-electron chi connectivity index (χ1n) is 6.63. The van der Waals surface area contributed by atoms with Crippen molar-refractivity contribution in [2.75, 3.05) is 18.8 Å². The molecule has 0 radical (unpaired) electrons. The molecule has 1 aromatic heterocycles. The van der Waals surface area contributed by atoms with Crippen LogP contribution in [0.4, 0.5) is 0 Å². The minimum absolute atomic E-state index is 0.0129. The molecule has 0 saturated carbocycles. The predicted molar refractivity (Wildman–Crippen MR) is 75.9 cm³/mol. The molecule has 0 amide bonds. The zero-order valence-electron chi connectivity index (χ0n) is 12.1. The molecule has 0 aromatic carbocycles. The van der Waals surface area contributed by atoms with E-state index in [1.807, 2.05) is 17.7 Å². The smallest absolute Gasteiger partial charge is 0.157 e. The maximum absolute atomic E-state index is 12.2. The van der Waals surface area contributed by atoms with Crippen molar-refractivity contribution in [2.45, 2.75) is 45.0 Å². The number of aryl methyl sites for hydroxylation is 1. The summed E-state index contributed by atoms with van der Waals surface area (Å²) in [6.45, 7) is 10.0. The molecule has 1 aromatic rings. The van der Waals surface area contributed by atoms with E-state index >= 15 is 0 Å². The van der Waals surface area contributed by atoms with Crippen LogP contribution in [0.1, 0.15) is 26.5 Å². The van der Waals surface area contributed by atoms with E-state index in [2.05, 4.69) is 30.7 Å². The summed E-state index contributed by atoms with van der Waals surface area (Å²) in [7, 11) is -3.00. The van der Waals surface area contributed by atoms with Gasteiger partial charge < -0.3 is 4.57 Å². The molecule has 0 unspecified atom stereocenters. The standard InChI is InChI=1S/C13H23N3O2S/c1-11-7-15(10-14-11)8-12-9-16(13(2,3)4)5-6-19(12,17)18/h7,10,12H,5-6,8-9H2,1-4H3/t12-/m0/s1. The van der Waals surface area contributed by atoms with E-state index in [0.717, 1.165) is 5.69 Å². The predicted octanol–water partition coefficient (Wildman–Crippen LogP) is 1.09. The van der Waals surface area contributed by atoms with E-state index < -0.39 is 9.84 Å². The summed E-state index contributed by atoms with van der Waals surface area (Å²) in [5.74, 6) is 0.253. The molecule has 0 aliphatic carbocycles. The van der Waals surface area contributed by atoms with Gasteiger partial charge in [0.1, 0.15) is 0 Å². The Hall–Kier alpha value is -0.880. The second-order valence-electron chi connectivity index (χ2n) is 6.32. The lowest BCUT2D eigenvalue weighted by Crippen LogP contribution is -2.54. The van der Waals surface area contributed by atoms with Crippen LogP contribution in [-0.4, -0.2) is 52.5 Å². The number of aromatic nitrogens is 2. The van der Waals surface area contributed by atoms with E-state index in [0.29, 0.717) is 19.6 Å². The summed E-state index contributed by atoms with van der Waals surface area (Å²) < 4.78 is 26.3. The summed E-state index contributed by atoms with van der Waals surface area (Å²) >= 11 is 0. The van der Waals surface area contributed by atoms with Gasteiger partial charge in [-0.2, -0.15) is 0 Å². The van der Waals surface area contributed by atoms with Crippen molar-refractivity contribution in [3.05, 3.63) is 18.2 Å². The third kappa shape index (κ3) is 3.36. The van der Waals surface area contributed by atoms with Crippen LogP contribution in [0.2, 0.25) is 0 Å². The van der Waals surface area contributed by atoms with Gasteiger partial charge in [0.25, 0.3) is 0 Å². The van der Waals surface area contributed by atoms with Gasteiger partial charge in [-0.1, -0.05) is 0 Å². The van der Waals surface area contributed by atoms with Crippen molar-refractivity contribution in [2.24, 2.45) is 0 Å². The van der Waals surface area contributed by atoms with E-state index in [1.54, 1.807) is 6.33 Å². The van der Waals surface area contributed by atoms with Gasteiger partial charge in [-0.15, -0.1) is 0 Å². The second-order valence-corrected chi connectivity index (χ2v) is 8.72. The van der Waals surface area contributed by atoms with E-state index in [9.17, 15) is 8.42 Å². The Balaban J connectivity index is 2.15. The number of rotatable bonds is 2. The molecule has 2 rings (SSSR count). The summed E-state index contributed by atoms with van der Waals surface area (Å²) in [5, 5.41) is -0.339. The Morgan fingerprint density at radius 1 is 1.42 bits per heavy atom. The van der Waals surface area contributed by atoms with Crippen LogP contribution in [0.3, 0.4) is 0 Å². The molecule has 1 atom stereocenters. The van der Waals surface area contributed by atoms with Crippen LogP contribution >= 0.6 is 0 Å². The number of hydrogen-bond donors (Lipinski definition) is 0. The van der Waals surface area contributed by atoms with Crippen LogP contribution in [0.15, 0.2) is 12.5 Å². The normalized spacial score (nSPS) is 24.5. The summed E-state index contributed by atoms with van der Waals surface area (Å²) in [6, 6.07) is 0. The minimum Gasteiger partial charge on any atom is -0.336 e. The average Bonchev–Trinajstić information content (AvgIpc) is 2.65. The summed E-state index contributed by atoms with van der Waals surface area (Å²) in [6.07, 6.45) is 3.60. The number of sulfone groups is 1. The molecule has 1 fully saturated rings. The fourth-order valence-electron chi connectivity index (χ4n) is 2.44. The van der Waals surface area contributed by atoms with Gasteiger partial charge in [0.05, 0.1) is 23.0 Å². The van der Waals surface area contributed by atoms with Gasteiger partial charge in [-0.05, 0) is 27.7 Å². The zero-order valence-corrected chi connectivity index (χ0v) is 12.9. The van der Waals surface area contributed by atoms with Crippen molar-refractivity contribution in [1.82, 2.24) is 14.5 Å². The Labute approximate surface area is 115 Å². The largest absolute Gasteiger partial charge is 0.336 e. The molecule has 108 valence electrons. The molecule has 1 aliphatic heterocycles. The fraction of sp³-hybridized carbons (Fsp3) is 0.769. The molecule has 1 aliphatic rings.